The Morgan fingerprint density at radius 1 is 1.35 bits per heavy atom. The lowest BCUT2D eigenvalue weighted by atomic mass is 10.3. The average Bonchev–Trinajstić information content (AvgIpc) is 3.31. The molecule has 7 heteroatoms. The maximum Gasteiger partial charge on any atom is 0.233 e. The maximum atomic E-state index is 12.2. The lowest BCUT2D eigenvalue weighted by Crippen LogP contribution is -2.29. The first-order valence-electron chi connectivity index (χ1n) is 8.17. The van der Waals surface area contributed by atoms with E-state index in [9.17, 15) is 4.79 Å². The van der Waals surface area contributed by atoms with E-state index in [0.29, 0.717) is 11.5 Å². The molecule has 0 atom stereocenters. The van der Waals surface area contributed by atoms with Crippen molar-refractivity contribution in [1.82, 2.24) is 19.7 Å². The molecule has 0 bridgehead atoms. The van der Waals surface area contributed by atoms with Gasteiger partial charge in [-0.2, -0.15) is 0 Å². The molecule has 0 unspecified atom stereocenters. The summed E-state index contributed by atoms with van der Waals surface area (Å²) in [5.74, 6) is 2.06. The van der Waals surface area contributed by atoms with Gasteiger partial charge in [-0.3, -0.25) is 9.36 Å². The smallest absolute Gasteiger partial charge is 0.233 e. The van der Waals surface area contributed by atoms with E-state index in [-0.39, 0.29) is 5.91 Å². The maximum absolute atomic E-state index is 12.2. The van der Waals surface area contributed by atoms with E-state index in [0.717, 1.165) is 56.3 Å². The normalized spacial score (nSPS) is 14.6. The third-order valence-corrected chi connectivity index (χ3v) is 4.93. The van der Waals surface area contributed by atoms with Gasteiger partial charge in [0.05, 0.1) is 12.0 Å². The predicted octanol–water partition coefficient (Wildman–Crippen LogP) is 3.05. The minimum Gasteiger partial charge on any atom is -0.461 e. The molecule has 1 saturated heterocycles. The number of carbonyl (C=O) groups excluding carboxylic acids is 1. The summed E-state index contributed by atoms with van der Waals surface area (Å²) in [4.78, 5) is 14.1. The van der Waals surface area contributed by atoms with Gasteiger partial charge in [0.2, 0.25) is 5.91 Å². The van der Waals surface area contributed by atoms with Crippen molar-refractivity contribution in [2.75, 3.05) is 18.8 Å². The van der Waals surface area contributed by atoms with E-state index in [4.69, 9.17) is 4.42 Å². The summed E-state index contributed by atoms with van der Waals surface area (Å²) in [6, 6.07) is 3.73. The fourth-order valence-corrected chi connectivity index (χ4v) is 3.55. The van der Waals surface area contributed by atoms with Crippen LogP contribution in [0.25, 0.3) is 11.6 Å². The zero-order valence-corrected chi connectivity index (χ0v) is 14.2. The molecule has 0 N–H and O–H groups in total. The lowest BCUT2D eigenvalue weighted by molar-refractivity contribution is -0.127. The predicted molar refractivity (Wildman–Crippen MR) is 89.2 cm³/mol. The molecule has 1 aliphatic rings. The molecule has 0 saturated carbocycles. The van der Waals surface area contributed by atoms with Gasteiger partial charge in [-0.05, 0) is 31.4 Å². The van der Waals surface area contributed by atoms with Crippen LogP contribution in [0.3, 0.4) is 0 Å². The first-order chi connectivity index (χ1) is 11.3. The highest BCUT2D eigenvalue weighted by molar-refractivity contribution is 7.99. The summed E-state index contributed by atoms with van der Waals surface area (Å²) in [5, 5.41) is 9.32. The number of amides is 1. The highest BCUT2D eigenvalue weighted by Crippen LogP contribution is 2.25. The highest BCUT2D eigenvalue weighted by Gasteiger charge is 2.21. The van der Waals surface area contributed by atoms with Crippen LogP contribution in [-0.4, -0.2) is 44.4 Å². The van der Waals surface area contributed by atoms with Crippen LogP contribution in [0.15, 0.2) is 28.0 Å². The van der Waals surface area contributed by atoms with Crippen LogP contribution in [0.2, 0.25) is 0 Å². The minimum atomic E-state index is 0.192. The van der Waals surface area contributed by atoms with Crippen LogP contribution >= 0.6 is 11.8 Å². The molecule has 3 heterocycles. The Balaban J connectivity index is 1.71. The molecule has 3 rings (SSSR count). The molecular formula is C16H22N4O2S. The van der Waals surface area contributed by atoms with E-state index in [1.165, 1.54) is 11.8 Å². The standard InChI is InChI=1S/C16H22N4O2S/c1-2-3-10-20-15(13-7-6-11-22-13)17-18-16(20)23-12-14(21)19-8-4-5-9-19/h6-7,11H,2-5,8-10,12H2,1H3. The summed E-state index contributed by atoms with van der Waals surface area (Å²) in [6.45, 7) is 4.76. The van der Waals surface area contributed by atoms with Crippen LogP contribution in [0.4, 0.5) is 0 Å². The number of thioether (sulfide) groups is 1. The van der Waals surface area contributed by atoms with Gasteiger partial charge in [0.25, 0.3) is 0 Å². The number of aromatic nitrogens is 3. The summed E-state index contributed by atoms with van der Waals surface area (Å²) in [5.41, 5.74) is 0. The van der Waals surface area contributed by atoms with Gasteiger partial charge >= 0.3 is 0 Å². The summed E-state index contributed by atoms with van der Waals surface area (Å²) >= 11 is 1.47. The minimum absolute atomic E-state index is 0.192. The Bertz CT molecular complexity index is 633. The number of hydrogen-bond acceptors (Lipinski definition) is 5. The number of nitrogens with zero attached hydrogens (tertiary/aromatic N) is 4. The van der Waals surface area contributed by atoms with Gasteiger partial charge in [0.1, 0.15) is 0 Å². The average molecular weight is 334 g/mol. The first-order valence-corrected chi connectivity index (χ1v) is 9.16. The molecule has 0 aliphatic carbocycles. The third-order valence-electron chi connectivity index (χ3n) is 3.98. The monoisotopic (exact) mass is 334 g/mol. The summed E-state index contributed by atoms with van der Waals surface area (Å²) in [7, 11) is 0. The number of likely N-dealkylation sites (tertiary alicyclic amines) is 1. The van der Waals surface area contributed by atoms with Crippen molar-refractivity contribution in [3.63, 3.8) is 0 Å². The van der Waals surface area contributed by atoms with Gasteiger partial charge < -0.3 is 9.32 Å². The number of furan rings is 1. The number of carbonyl (C=O) groups is 1. The molecule has 1 aliphatic heterocycles. The first kappa shape index (κ1) is 16.1. The molecule has 0 aromatic carbocycles. The second-order valence-corrected chi connectivity index (χ2v) is 6.61. The Hall–Kier alpha value is -1.76. The van der Waals surface area contributed by atoms with E-state index in [2.05, 4.69) is 21.7 Å². The molecular weight excluding hydrogens is 312 g/mol. The van der Waals surface area contributed by atoms with E-state index >= 15 is 0 Å². The van der Waals surface area contributed by atoms with Crippen molar-refractivity contribution >= 4 is 17.7 Å². The SMILES string of the molecule is CCCCn1c(SCC(=O)N2CCCC2)nnc1-c1ccco1. The number of unbranched alkanes of at least 4 members (excludes halogenated alkanes) is 1. The molecule has 124 valence electrons. The highest BCUT2D eigenvalue weighted by atomic mass is 32.2. The van der Waals surface area contributed by atoms with E-state index in [1.54, 1.807) is 6.26 Å². The number of rotatable bonds is 7. The van der Waals surface area contributed by atoms with Crippen molar-refractivity contribution in [2.45, 2.75) is 44.3 Å². The van der Waals surface area contributed by atoms with Crippen LogP contribution in [0.5, 0.6) is 0 Å². The van der Waals surface area contributed by atoms with Gasteiger partial charge in [-0.1, -0.05) is 25.1 Å². The fourth-order valence-electron chi connectivity index (χ4n) is 2.69. The van der Waals surface area contributed by atoms with E-state index in [1.807, 2.05) is 17.0 Å². The Kier molecular flexibility index (Phi) is 5.38. The quantitative estimate of drug-likeness (QED) is 0.728. The van der Waals surface area contributed by atoms with Crippen molar-refractivity contribution in [2.24, 2.45) is 0 Å². The zero-order chi connectivity index (χ0) is 16.1. The Morgan fingerprint density at radius 3 is 2.87 bits per heavy atom. The van der Waals surface area contributed by atoms with Crippen molar-refractivity contribution < 1.29 is 9.21 Å². The van der Waals surface area contributed by atoms with Crippen LogP contribution < -0.4 is 0 Å². The molecule has 1 amide bonds. The zero-order valence-electron chi connectivity index (χ0n) is 13.4. The molecule has 0 spiro atoms. The topological polar surface area (TPSA) is 64.2 Å². The summed E-state index contributed by atoms with van der Waals surface area (Å²) < 4.78 is 7.51. The lowest BCUT2D eigenvalue weighted by Gasteiger charge is -2.14. The molecule has 0 radical (unpaired) electrons. The van der Waals surface area contributed by atoms with Crippen molar-refractivity contribution in [1.29, 1.82) is 0 Å². The van der Waals surface area contributed by atoms with Crippen LogP contribution in [0, 0.1) is 0 Å². The van der Waals surface area contributed by atoms with Gasteiger partial charge in [-0.25, -0.2) is 0 Å². The third kappa shape index (κ3) is 3.77. The van der Waals surface area contributed by atoms with Crippen molar-refractivity contribution in [3.8, 4) is 11.6 Å². The van der Waals surface area contributed by atoms with Gasteiger partial charge in [-0.15, -0.1) is 10.2 Å². The van der Waals surface area contributed by atoms with Crippen LogP contribution in [-0.2, 0) is 11.3 Å². The summed E-state index contributed by atoms with van der Waals surface area (Å²) in [6.07, 6.45) is 6.00. The molecule has 1 fully saturated rings. The second-order valence-electron chi connectivity index (χ2n) is 5.67. The van der Waals surface area contributed by atoms with Crippen molar-refractivity contribution in [3.05, 3.63) is 18.4 Å². The molecule has 23 heavy (non-hydrogen) atoms. The molecule has 2 aromatic heterocycles. The molecule has 6 nitrogen and oxygen atoms in total. The van der Waals surface area contributed by atoms with Gasteiger partial charge in [0.15, 0.2) is 16.7 Å². The van der Waals surface area contributed by atoms with E-state index < -0.39 is 0 Å². The number of hydrogen-bond donors (Lipinski definition) is 0. The second kappa shape index (κ2) is 7.68. The molecule has 2 aromatic rings. The largest absolute Gasteiger partial charge is 0.461 e. The Morgan fingerprint density at radius 2 is 2.17 bits per heavy atom. The van der Waals surface area contributed by atoms with Gasteiger partial charge in [0, 0.05) is 19.6 Å². The van der Waals surface area contributed by atoms with Crippen LogP contribution in [0.1, 0.15) is 32.6 Å². The Labute approximate surface area is 140 Å². The fraction of sp³-hybridized carbons (Fsp3) is 0.562.